The quantitative estimate of drug-likeness (QED) is 0.262. The summed E-state index contributed by atoms with van der Waals surface area (Å²) in [7, 11) is 0. The van der Waals surface area contributed by atoms with Crippen LogP contribution in [0.4, 0.5) is 11.4 Å². The molecule has 0 bridgehead atoms. The van der Waals surface area contributed by atoms with E-state index in [1.807, 2.05) is 72.8 Å². The molecule has 0 heterocycles. The smallest absolute Gasteiger partial charge is 0.127 e. The van der Waals surface area contributed by atoms with E-state index >= 15 is 0 Å². The maximum atomic E-state index is 5.95. The third kappa shape index (κ3) is 6.07. The number of nitrogens with two attached hydrogens (primary N) is 2. The van der Waals surface area contributed by atoms with Crippen LogP contribution >= 0.6 is 0 Å². The number of nitrogen functional groups attached to an aromatic ring is 2. The summed E-state index contributed by atoms with van der Waals surface area (Å²) in [5, 5.41) is 0. The molecule has 0 aliphatic carbocycles. The number of rotatable bonds is 9. The van der Waals surface area contributed by atoms with Crippen molar-refractivity contribution in [2.24, 2.45) is 0 Å². The van der Waals surface area contributed by atoms with E-state index in [1.165, 1.54) is 11.1 Å². The predicted molar refractivity (Wildman–Crippen MR) is 136 cm³/mol. The minimum atomic E-state index is 0.320. The van der Waals surface area contributed by atoms with Crippen LogP contribution in [0.1, 0.15) is 43.2 Å². The fourth-order valence-electron chi connectivity index (χ4n) is 3.81. The second-order valence-corrected chi connectivity index (χ2v) is 8.18. The van der Waals surface area contributed by atoms with E-state index in [9.17, 15) is 0 Å². The van der Waals surface area contributed by atoms with E-state index in [1.54, 1.807) is 0 Å². The standard InChI is InChI=1S/C29H30N2O2/c1-2-3-4-29(21-5-13-25(14-6-21)32-27-17-9-23(30)10-18-27)22-7-15-26(16-8-22)33-28-19-11-24(31)12-20-28/h5-20,29H,2-4,30-31H2,1H3. The highest BCUT2D eigenvalue weighted by molar-refractivity contribution is 5.45. The lowest BCUT2D eigenvalue weighted by atomic mass is 9.87. The zero-order chi connectivity index (χ0) is 23.0. The van der Waals surface area contributed by atoms with Crippen molar-refractivity contribution < 1.29 is 9.47 Å². The molecule has 0 atom stereocenters. The van der Waals surface area contributed by atoms with Gasteiger partial charge in [0.15, 0.2) is 0 Å². The second-order valence-electron chi connectivity index (χ2n) is 8.18. The minimum absolute atomic E-state index is 0.320. The maximum absolute atomic E-state index is 5.95. The minimum Gasteiger partial charge on any atom is -0.457 e. The monoisotopic (exact) mass is 438 g/mol. The first kappa shape index (κ1) is 22.3. The molecule has 0 aliphatic heterocycles. The fraction of sp³-hybridized carbons (Fsp3) is 0.172. The van der Waals surface area contributed by atoms with Crippen LogP contribution in [-0.2, 0) is 0 Å². The largest absolute Gasteiger partial charge is 0.457 e. The van der Waals surface area contributed by atoms with Crippen molar-refractivity contribution in [1.82, 2.24) is 0 Å². The van der Waals surface area contributed by atoms with E-state index in [-0.39, 0.29) is 0 Å². The lowest BCUT2D eigenvalue weighted by molar-refractivity contribution is 0.482. The number of ether oxygens (including phenoxy) is 2. The molecule has 0 spiro atoms. The SMILES string of the molecule is CCCCC(c1ccc(Oc2ccc(N)cc2)cc1)c1ccc(Oc2ccc(N)cc2)cc1. The van der Waals surface area contributed by atoms with Gasteiger partial charge in [0, 0.05) is 17.3 Å². The zero-order valence-electron chi connectivity index (χ0n) is 18.9. The molecule has 0 saturated heterocycles. The van der Waals surface area contributed by atoms with Gasteiger partial charge in [-0.2, -0.15) is 0 Å². The number of anilines is 2. The van der Waals surface area contributed by atoms with Gasteiger partial charge < -0.3 is 20.9 Å². The average molecular weight is 439 g/mol. The van der Waals surface area contributed by atoms with Gasteiger partial charge in [-0.1, -0.05) is 44.0 Å². The molecule has 4 heteroatoms. The van der Waals surface area contributed by atoms with Crippen LogP contribution in [-0.4, -0.2) is 0 Å². The Kier molecular flexibility index (Phi) is 7.16. The molecular weight excluding hydrogens is 408 g/mol. The maximum Gasteiger partial charge on any atom is 0.127 e. The topological polar surface area (TPSA) is 70.5 Å². The highest BCUT2D eigenvalue weighted by Gasteiger charge is 2.14. The van der Waals surface area contributed by atoms with Gasteiger partial charge in [0.1, 0.15) is 23.0 Å². The van der Waals surface area contributed by atoms with Crippen molar-refractivity contribution in [3.8, 4) is 23.0 Å². The number of unbranched alkanes of at least 4 members (excludes halogenated alkanes) is 1. The fourth-order valence-corrected chi connectivity index (χ4v) is 3.81. The van der Waals surface area contributed by atoms with E-state index in [0.717, 1.165) is 53.6 Å². The van der Waals surface area contributed by atoms with Gasteiger partial charge in [-0.3, -0.25) is 0 Å². The van der Waals surface area contributed by atoms with Crippen molar-refractivity contribution in [3.63, 3.8) is 0 Å². The summed E-state index contributed by atoms with van der Waals surface area (Å²) in [6.07, 6.45) is 3.41. The molecule has 0 saturated carbocycles. The number of hydrogen-bond acceptors (Lipinski definition) is 4. The van der Waals surface area contributed by atoms with Crippen molar-refractivity contribution >= 4 is 11.4 Å². The molecule has 168 valence electrons. The molecule has 0 aromatic heterocycles. The molecule has 33 heavy (non-hydrogen) atoms. The molecule has 4 nitrogen and oxygen atoms in total. The van der Waals surface area contributed by atoms with Crippen LogP contribution in [0.3, 0.4) is 0 Å². The Bertz CT molecular complexity index is 1050. The van der Waals surface area contributed by atoms with Crippen LogP contribution < -0.4 is 20.9 Å². The Morgan fingerprint density at radius 2 is 0.879 bits per heavy atom. The van der Waals surface area contributed by atoms with Crippen LogP contribution in [0.25, 0.3) is 0 Å². The lowest BCUT2D eigenvalue weighted by Crippen LogP contribution is -2.01. The Morgan fingerprint density at radius 3 is 1.21 bits per heavy atom. The van der Waals surface area contributed by atoms with Crippen molar-refractivity contribution in [3.05, 3.63) is 108 Å². The van der Waals surface area contributed by atoms with Gasteiger partial charge in [0.25, 0.3) is 0 Å². The highest BCUT2D eigenvalue weighted by Crippen LogP contribution is 2.33. The molecule has 0 fully saturated rings. The molecule has 0 aliphatic rings. The molecule has 4 aromatic carbocycles. The van der Waals surface area contributed by atoms with Crippen LogP contribution in [0, 0.1) is 0 Å². The van der Waals surface area contributed by atoms with Gasteiger partial charge in [-0.25, -0.2) is 0 Å². The lowest BCUT2D eigenvalue weighted by Gasteiger charge is -2.19. The Balaban J connectivity index is 1.48. The molecule has 0 radical (unpaired) electrons. The van der Waals surface area contributed by atoms with Crippen LogP contribution in [0.2, 0.25) is 0 Å². The zero-order valence-corrected chi connectivity index (χ0v) is 18.9. The molecule has 0 unspecified atom stereocenters. The first-order chi connectivity index (χ1) is 16.1. The second kappa shape index (κ2) is 10.6. The van der Waals surface area contributed by atoms with E-state index in [4.69, 9.17) is 20.9 Å². The van der Waals surface area contributed by atoms with E-state index in [2.05, 4.69) is 31.2 Å². The van der Waals surface area contributed by atoms with Crippen LogP contribution in [0.15, 0.2) is 97.1 Å². The summed E-state index contributed by atoms with van der Waals surface area (Å²) < 4.78 is 11.9. The molecule has 0 amide bonds. The summed E-state index contributed by atoms with van der Waals surface area (Å²) >= 11 is 0. The summed E-state index contributed by atoms with van der Waals surface area (Å²) in [5.74, 6) is 3.49. The van der Waals surface area contributed by atoms with Gasteiger partial charge >= 0.3 is 0 Å². The molecule has 4 N–H and O–H groups in total. The van der Waals surface area contributed by atoms with Crippen molar-refractivity contribution in [2.45, 2.75) is 32.1 Å². The molecule has 4 rings (SSSR count). The van der Waals surface area contributed by atoms with Gasteiger partial charge in [0.05, 0.1) is 0 Å². The third-order valence-electron chi connectivity index (χ3n) is 5.64. The van der Waals surface area contributed by atoms with Gasteiger partial charge in [0.2, 0.25) is 0 Å². The first-order valence-corrected chi connectivity index (χ1v) is 11.4. The molecular formula is C29H30N2O2. The summed E-state index contributed by atoms with van der Waals surface area (Å²) in [4.78, 5) is 0. The van der Waals surface area contributed by atoms with Gasteiger partial charge in [-0.05, 0) is 90.3 Å². The highest BCUT2D eigenvalue weighted by atomic mass is 16.5. The Morgan fingerprint density at radius 1 is 0.545 bits per heavy atom. The van der Waals surface area contributed by atoms with E-state index < -0.39 is 0 Å². The van der Waals surface area contributed by atoms with Crippen LogP contribution in [0.5, 0.6) is 23.0 Å². The molecule has 4 aromatic rings. The first-order valence-electron chi connectivity index (χ1n) is 11.4. The van der Waals surface area contributed by atoms with Crippen molar-refractivity contribution in [1.29, 1.82) is 0 Å². The summed E-state index contributed by atoms with van der Waals surface area (Å²) in [6.45, 7) is 2.23. The average Bonchev–Trinajstić information content (AvgIpc) is 2.84. The number of hydrogen-bond donors (Lipinski definition) is 2. The predicted octanol–water partition coefficient (Wildman–Crippen LogP) is 7.76. The van der Waals surface area contributed by atoms with Gasteiger partial charge in [-0.15, -0.1) is 0 Å². The number of benzene rings is 4. The summed E-state index contributed by atoms with van der Waals surface area (Å²) in [5.41, 5.74) is 15.5. The third-order valence-corrected chi connectivity index (χ3v) is 5.64. The Hall–Kier alpha value is -3.92. The summed E-state index contributed by atoms with van der Waals surface area (Å²) in [6, 6.07) is 31.6. The normalized spacial score (nSPS) is 10.8. The Labute approximate surface area is 195 Å². The van der Waals surface area contributed by atoms with Crippen molar-refractivity contribution in [2.75, 3.05) is 11.5 Å². The van der Waals surface area contributed by atoms with E-state index in [0.29, 0.717) is 5.92 Å².